The van der Waals surface area contributed by atoms with Crippen molar-refractivity contribution in [3.05, 3.63) is 27.5 Å². The summed E-state index contributed by atoms with van der Waals surface area (Å²) in [7, 11) is 0. The van der Waals surface area contributed by atoms with Crippen molar-refractivity contribution in [2.24, 2.45) is 0 Å². The van der Waals surface area contributed by atoms with Gasteiger partial charge in [-0.25, -0.2) is 13.8 Å². The van der Waals surface area contributed by atoms with Crippen LogP contribution in [0, 0.1) is 0 Å². The lowest BCUT2D eigenvalue weighted by Crippen LogP contribution is -1.96. The van der Waals surface area contributed by atoms with Crippen molar-refractivity contribution in [1.82, 2.24) is 4.98 Å². The normalized spacial score (nSPS) is 10.5. The molecule has 0 amide bonds. The van der Waals surface area contributed by atoms with Crippen LogP contribution in [0.3, 0.4) is 0 Å². The van der Waals surface area contributed by atoms with Crippen molar-refractivity contribution in [3.63, 3.8) is 0 Å². The number of aromatic nitrogens is 1. The van der Waals surface area contributed by atoms with Gasteiger partial charge < -0.3 is 0 Å². The summed E-state index contributed by atoms with van der Waals surface area (Å²) in [4.78, 5) is 13.8. The minimum absolute atomic E-state index is 0.161. The first-order valence-electron chi connectivity index (χ1n) is 3.15. The van der Waals surface area contributed by atoms with E-state index in [9.17, 15) is 13.6 Å². The van der Waals surface area contributed by atoms with Gasteiger partial charge in [-0.1, -0.05) is 23.2 Å². The fourth-order valence-electron chi connectivity index (χ4n) is 0.809. The van der Waals surface area contributed by atoms with Crippen LogP contribution >= 0.6 is 23.2 Å². The molecule has 2 nitrogen and oxygen atoms in total. The van der Waals surface area contributed by atoms with Crippen molar-refractivity contribution in [2.75, 3.05) is 0 Å². The fourth-order valence-corrected chi connectivity index (χ4v) is 1.30. The molecule has 6 heteroatoms. The van der Waals surface area contributed by atoms with Crippen LogP contribution in [-0.2, 0) is 0 Å². The van der Waals surface area contributed by atoms with Gasteiger partial charge in [0, 0.05) is 5.56 Å². The minimum atomic E-state index is -2.79. The van der Waals surface area contributed by atoms with E-state index in [1.165, 1.54) is 0 Å². The third kappa shape index (κ3) is 2.14. The van der Waals surface area contributed by atoms with Gasteiger partial charge in [0.25, 0.3) is 6.43 Å². The van der Waals surface area contributed by atoms with E-state index in [-0.39, 0.29) is 22.2 Å². The molecule has 0 aliphatic rings. The molecule has 0 saturated heterocycles. The number of aldehydes is 1. The molecular formula is C7H3Cl2F2NO. The Kier molecular flexibility index (Phi) is 3.17. The maximum Gasteiger partial charge on any atom is 0.264 e. The number of rotatable bonds is 2. The molecule has 0 fully saturated rings. The first-order valence-corrected chi connectivity index (χ1v) is 3.91. The Labute approximate surface area is 82.5 Å². The number of hydrogen-bond acceptors (Lipinski definition) is 2. The van der Waals surface area contributed by atoms with Crippen LogP contribution in [-0.4, -0.2) is 11.3 Å². The van der Waals surface area contributed by atoms with Gasteiger partial charge in [-0.05, 0) is 6.07 Å². The lowest BCUT2D eigenvalue weighted by molar-refractivity contribution is 0.110. The monoisotopic (exact) mass is 225 g/mol. The van der Waals surface area contributed by atoms with Crippen molar-refractivity contribution in [3.8, 4) is 0 Å². The zero-order chi connectivity index (χ0) is 10.0. The van der Waals surface area contributed by atoms with Crippen molar-refractivity contribution >= 4 is 29.5 Å². The van der Waals surface area contributed by atoms with Crippen LogP contribution in [0.25, 0.3) is 0 Å². The molecule has 0 saturated carbocycles. The summed E-state index contributed by atoms with van der Waals surface area (Å²) < 4.78 is 24.5. The molecule has 1 heterocycles. The molecule has 0 bridgehead atoms. The van der Waals surface area contributed by atoms with Crippen LogP contribution < -0.4 is 0 Å². The van der Waals surface area contributed by atoms with Gasteiger partial charge in [-0.15, -0.1) is 0 Å². The first kappa shape index (κ1) is 10.3. The van der Waals surface area contributed by atoms with Gasteiger partial charge in [0.1, 0.15) is 10.3 Å². The molecule has 70 valence electrons. The molecule has 0 unspecified atom stereocenters. The number of alkyl halides is 2. The van der Waals surface area contributed by atoms with Gasteiger partial charge in [0.15, 0.2) is 6.29 Å². The second-order valence-corrected chi connectivity index (χ2v) is 2.90. The largest absolute Gasteiger partial charge is 0.298 e. The van der Waals surface area contributed by atoms with Gasteiger partial charge >= 0.3 is 0 Å². The number of halogens is 4. The standard InChI is InChI=1S/C7H3Cl2F2NO/c8-5-1-3(7(10)11)4(2-13)6(9)12-5/h1-2,7H. The first-order chi connectivity index (χ1) is 6.06. The molecule has 0 N–H and O–H groups in total. The molecule has 0 aliphatic carbocycles. The van der Waals surface area contributed by atoms with E-state index in [1.807, 2.05) is 0 Å². The van der Waals surface area contributed by atoms with Gasteiger partial charge in [0.2, 0.25) is 0 Å². The average molecular weight is 226 g/mol. The van der Waals surface area contributed by atoms with Crippen molar-refractivity contribution in [2.45, 2.75) is 6.43 Å². The molecule has 0 atom stereocenters. The highest BCUT2D eigenvalue weighted by atomic mass is 35.5. The van der Waals surface area contributed by atoms with Crippen LogP contribution in [0.15, 0.2) is 6.07 Å². The maximum atomic E-state index is 12.3. The number of nitrogens with zero attached hydrogens (tertiary/aromatic N) is 1. The van der Waals surface area contributed by atoms with Crippen molar-refractivity contribution in [1.29, 1.82) is 0 Å². The van der Waals surface area contributed by atoms with E-state index in [1.54, 1.807) is 0 Å². The Balaban J connectivity index is 3.38. The quantitative estimate of drug-likeness (QED) is 0.572. The van der Waals surface area contributed by atoms with E-state index in [0.717, 1.165) is 6.07 Å². The summed E-state index contributed by atoms with van der Waals surface area (Å²) >= 11 is 10.8. The second-order valence-electron chi connectivity index (χ2n) is 2.16. The Morgan fingerprint density at radius 1 is 1.46 bits per heavy atom. The summed E-state index contributed by atoms with van der Waals surface area (Å²) in [6.45, 7) is 0. The Hall–Kier alpha value is -0.740. The number of carbonyl (C=O) groups excluding carboxylic acids is 1. The second kappa shape index (κ2) is 3.98. The number of hydrogen-bond donors (Lipinski definition) is 0. The third-order valence-electron chi connectivity index (χ3n) is 1.37. The van der Waals surface area contributed by atoms with Crippen LogP contribution in [0.4, 0.5) is 8.78 Å². The predicted octanol–water partition coefficient (Wildman–Crippen LogP) is 3.14. The summed E-state index contributed by atoms with van der Waals surface area (Å²) in [5.74, 6) is 0. The van der Waals surface area contributed by atoms with E-state index < -0.39 is 12.0 Å². The van der Waals surface area contributed by atoms with Gasteiger partial charge in [-0.2, -0.15) is 0 Å². The zero-order valence-electron chi connectivity index (χ0n) is 6.10. The number of carbonyl (C=O) groups is 1. The molecule has 0 aromatic carbocycles. The lowest BCUT2D eigenvalue weighted by Gasteiger charge is -2.04. The summed E-state index contributed by atoms with van der Waals surface area (Å²) in [6.07, 6.45) is -2.56. The van der Waals surface area contributed by atoms with Crippen molar-refractivity contribution < 1.29 is 13.6 Å². The summed E-state index contributed by atoms with van der Waals surface area (Å²) in [5.41, 5.74) is -0.818. The molecule has 1 rings (SSSR count). The molecule has 0 spiro atoms. The highest BCUT2D eigenvalue weighted by Gasteiger charge is 2.17. The molecule has 13 heavy (non-hydrogen) atoms. The Morgan fingerprint density at radius 3 is 2.54 bits per heavy atom. The summed E-state index contributed by atoms with van der Waals surface area (Å²) in [5, 5.41) is -0.469. The predicted molar refractivity (Wildman–Crippen MR) is 44.6 cm³/mol. The SMILES string of the molecule is O=Cc1c(C(F)F)cc(Cl)nc1Cl. The molecule has 1 aromatic rings. The molecule has 1 aromatic heterocycles. The van der Waals surface area contributed by atoms with Crippen LogP contribution in [0.2, 0.25) is 10.3 Å². The van der Waals surface area contributed by atoms with E-state index >= 15 is 0 Å². The van der Waals surface area contributed by atoms with E-state index in [0.29, 0.717) is 0 Å². The van der Waals surface area contributed by atoms with E-state index in [4.69, 9.17) is 23.2 Å². The average Bonchev–Trinajstić information content (AvgIpc) is 2.02. The summed E-state index contributed by atoms with van der Waals surface area (Å²) in [6, 6.07) is 0.918. The third-order valence-corrected chi connectivity index (χ3v) is 1.85. The Bertz CT molecular complexity index is 344. The van der Waals surface area contributed by atoms with Gasteiger partial charge in [-0.3, -0.25) is 4.79 Å². The Morgan fingerprint density at radius 2 is 2.08 bits per heavy atom. The van der Waals surface area contributed by atoms with Gasteiger partial charge in [0.05, 0.1) is 5.56 Å². The minimum Gasteiger partial charge on any atom is -0.298 e. The molecule has 0 aliphatic heterocycles. The zero-order valence-corrected chi connectivity index (χ0v) is 7.61. The fraction of sp³-hybridized carbons (Fsp3) is 0.143. The maximum absolute atomic E-state index is 12.3. The lowest BCUT2D eigenvalue weighted by atomic mass is 10.1. The van der Waals surface area contributed by atoms with Crippen LogP contribution in [0.5, 0.6) is 0 Å². The van der Waals surface area contributed by atoms with Crippen LogP contribution in [0.1, 0.15) is 22.3 Å². The van der Waals surface area contributed by atoms with E-state index in [2.05, 4.69) is 4.98 Å². The molecule has 0 radical (unpaired) electrons. The highest BCUT2D eigenvalue weighted by Crippen LogP contribution is 2.28. The topological polar surface area (TPSA) is 30.0 Å². The smallest absolute Gasteiger partial charge is 0.264 e. The molecular weight excluding hydrogens is 223 g/mol. The highest BCUT2D eigenvalue weighted by molar-refractivity contribution is 6.34. The number of pyridine rings is 1.